The van der Waals surface area contributed by atoms with E-state index in [0.29, 0.717) is 13.1 Å². The molecule has 0 radical (unpaired) electrons. The van der Waals surface area contributed by atoms with Gasteiger partial charge in [-0.15, -0.1) is 11.8 Å². The summed E-state index contributed by atoms with van der Waals surface area (Å²) in [6.07, 6.45) is 4.06. The van der Waals surface area contributed by atoms with Crippen LogP contribution >= 0.6 is 11.8 Å². The second-order valence-corrected chi connectivity index (χ2v) is 13.2. The lowest BCUT2D eigenvalue weighted by molar-refractivity contribution is -0.139. The third kappa shape index (κ3) is 5.05. The van der Waals surface area contributed by atoms with Crippen LogP contribution in [0.25, 0.3) is 0 Å². The molecule has 2 aromatic rings. The summed E-state index contributed by atoms with van der Waals surface area (Å²) in [6, 6.07) is 15.1. The molecule has 6 atom stereocenters. The summed E-state index contributed by atoms with van der Waals surface area (Å²) >= 11 is 1.71. The molecule has 40 heavy (non-hydrogen) atoms. The van der Waals surface area contributed by atoms with Gasteiger partial charge in [-0.1, -0.05) is 68.3 Å². The predicted molar refractivity (Wildman–Crippen MR) is 159 cm³/mol. The number of anilines is 1. The molecule has 2 aromatic carbocycles. The lowest BCUT2D eigenvalue weighted by atomic mass is 9.66. The number of hydrogen-bond acceptors (Lipinski definition) is 5. The van der Waals surface area contributed by atoms with E-state index < -0.39 is 22.6 Å². The van der Waals surface area contributed by atoms with Crippen LogP contribution < -0.4 is 10.6 Å². The number of aliphatic hydroxyl groups is 1. The van der Waals surface area contributed by atoms with Crippen LogP contribution in [0, 0.1) is 31.6 Å². The highest BCUT2D eigenvalue weighted by Gasteiger charge is 2.75. The molecule has 3 N–H and O–H groups in total. The number of likely N-dealkylation sites (tertiary alicyclic amines) is 1. The van der Waals surface area contributed by atoms with E-state index in [9.17, 15) is 14.4 Å². The van der Waals surface area contributed by atoms with Gasteiger partial charge < -0.3 is 20.6 Å². The summed E-state index contributed by atoms with van der Waals surface area (Å²) in [6.45, 7) is 7.16. The first-order valence-electron chi connectivity index (χ1n) is 14.6. The summed E-state index contributed by atoms with van der Waals surface area (Å²) in [5, 5.41) is 15.5. The van der Waals surface area contributed by atoms with Crippen molar-refractivity contribution >= 4 is 35.2 Å². The van der Waals surface area contributed by atoms with Crippen LogP contribution in [0.4, 0.5) is 5.69 Å². The number of aliphatic hydroxyl groups excluding tert-OH is 1. The normalized spacial score (nSPS) is 28.6. The SMILES string of the molecule is Cc1cccc(C)c1NC(=O)C1N(CCCCCCO)C(=O)[C@@H]2[C@H](C(=O)NCc3ccccc3)[C@@H]3CC(C)C12S3. The second-order valence-electron chi connectivity index (χ2n) is 11.7. The molecule has 2 bridgehead atoms. The Labute approximate surface area is 241 Å². The van der Waals surface area contributed by atoms with E-state index in [2.05, 4.69) is 17.6 Å². The average molecular weight is 564 g/mol. The molecule has 5 rings (SSSR count). The van der Waals surface area contributed by atoms with Gasteiger partial charge in [0.25, 0.3) is 0 Å². The Bertz CT molecular complexity index is 1230. The lowest BCUT2D eigenvalue weighted by Crippen LogP contribution is -2.55. The molecular formula is C32H41N3O4S. The molecule has 3 heterocycles. The number of rotatable bonds is 11. The topological polar surface area (TPSA) is 98.7 Å². The molecule has 8 heteroatoms. The Balaban J connectivity index is 1.44. The molecule has 7 nitrogen and oxygen atoms in total. The standard InChI is InChI=1S/C32H41N3O4S/c1-20-12-11-13-21(2)27(20)34-30(38)28-32-22(3)18-24(40-32)25(29(37)33-19-23-14-7-6-8-15-23)26(32)31(39)35(28)16-9-4-5-10-17-36/h6-8,11-15,22,24-26,28,36H,4-5,9-10,16-19H2,1-3H3,(H,33,37)(H,34,38)/t22?,24-,25+,26-,28?,32?/m0/s1. The minimum absolute atomic E-state index is 0.0157. The van der Waals surface area contributed by atoms with Crippen LogP contribution in [0.3, 0.4) is 0 Å². The number of nitrogens with one attached hydrogen (secondary N) is 2. The van der Waals surface area contributed by atoms with Crippen molar-refractivity contribution in [2.45, 2.75) is 75.5 Å². The van der Waals surface area contributed by atoms with Crippen LogP contribution in [-0.4, -0.2) is 56.9 Å². The van der Waals surface area contributed by atoms with Gasteiger partial charge in [-0.25, -0.2) is 0 Å². The largest absolute Gasteiger partial charge is 0.396 e. The summed E-state index contributed by atoms with van der Waals surface area (Å²) in [5.74, 6) is -1.16. The number of carbonyl (C=O) groups is 3. The molecule has 0 aromatic heterocycles. The van der Waals surface area contributed by atoms with Crippen LogP contribution in [0.2, 0.25) is 0 Å². The zero-order valence-corrected chi connectivity index (χ0v) is 24.5. The van der Waals surface area contributed by atoms with Crippen molar-refractivity contribution < 1.29 is 19.5 Å². The summed E-state index contributed by atoms with van der Waals surface area (Å²) in [5.41, 5.74) is 3.78. The lowest BCUT2D eigenvalue weighted by Gasteiger charge is -2.38. The minimum Gasteiger partial charge on any atom is -0.396 e. The number of unbranched alkanes of at least 4 members (excludes halogenated alkanes) is 3. The minimum atomic E-state index is -0.640. The van der Waals surface area contributed by atoms with Crippen molar-refractivity contribution in [3.05, 3.63) is 65.2 Å². The highest BCUT2D eigenvalue weighted by Crippen LogP contribution is 2.68. The van der Waals surface area contributed by atoms with E-state index in [4.69, 9.17) is 5.11 Å². The van der Waals surface area contributed by atoms with Crippen LogP contribution in [0.15, 0.2) is 48.5 Å². The number of para-hydroxylation sites is 1. The first-order chi connectivity index (χ1) is 19.3. The number of hydrogen-bond donors (Lipinski definition) is 3. The Morgan fingerprint density at radius 2 is 1.70 bits per heavy atom. The van der Waals surface area contributed by atoms with Gasteiger partial charge in [-0.2, -0.15) is 0 Å². The van der Waals surface area contributed by atoms with Crippen molar-refractivity contribution in [2.24, 2.45) is 17.8 Å². The Hall–Kier alpha value is -2.84. The molecule has 3 saturated heterocycles. The second kappa shape index (κ2) is 12.0. The number of thioether (sulfide) groups is 1. The predicted octanol–water partition coefficient (Wildman–Crippen LogP) is 4.45. The van der Waals surface area contributed by atoms with Gasteiger partial charge in [-0.05, 0) is 55.7 Å². The molecule has 3 amide bonds. The van der Waals surface area contributed by atoms with Gasteiger partial charge in [-0.3, -0.25) is 14.4 Å². The maximum absolute atomic E-state index is 14.2. The fraction of sp³-hybridized carbons (Fsp3) is 0.531. The Kier molecular flexibility index (Phi) is 8.57. The van der Waals surface area contributed by atoms with Gasteiger partial charge in [0.15, 0.2) is 0 Å². The molecule has 3 aliphatic heterocycles. The average Bonchev–Trinajstić information content (AvgIpc) is 3.53. The van der Waals surface area contributed by atoms with Crippen molar-refractivity contribution in [3.8, 4) is 0 Å². The van der Waals surface area contributed by atoms with Gasteiger partial charge in [0.05, 0.1) is 16.6 Å². The van der Waals surface area contributed by atoms with Crippen molar-refractivity contribution in [1.82, 2.24) is 10.2 Å². The zero-order chi connectivity index (χ0) is 28.4. The molecule has 214 valence electrons. The van der Waals surface area contributed by atoms with E-state index in [1.54, 1.807) is 16.7 Å². The van der Waals surface area contributed by atoms with E-state index in [0.717, 1.165) is 54.5 Å². The summed E-state index contributed by atoms with van der Waals surface area (Å²) in [7, 11) is 0. The molecule has 3 aliphatic rings. The molecule has 0 aliphatic carbocycles. The number of fused-ring (bicyclic) bond motifs is 1. The van der Waals surface area contributed by atoms with Gasteiger partial charge in [0.1, 0.15) is 6.04 Å². The van der Waals surface area contributed by atoms with E-state index in [1.807, 2.05) is 62.4 Å². The number of amides is 3. The first-order valence-corrected chi connectivity index (χ1v) is 15.5. The quantitative estimate of drug-likeness (QED) is 0.351. The van der Waals surface area contributed by atoms with Crippen LogP contribution in [0.5, 0.6) is 0 Å². The van der Waals surface area contributed by atoms with Crippen molar-refractivity contribution in [3.63, 3.8) is 0 Å². The van der Waals surface area contributed by atoms with Crippen LogP contribution in [-0.2, 0) is 20.9 Å². The van der Waals surface area contributed by atoms with Crippen molar-refractivity contribution in [1.29, 1.82) is 0 Å². The van der Waals surface area contributed by atoms with Gasteiger partial charge >= 0.3 is 0 Å². The van der Waals surface area contributed by atoms with E-state index >= 15 is 0 Å². The molecule has 1 spiro atoms. The maximum atomic E-state index is 14.2. The molecule has 3 unspecified atom stereocenters. The summed E-state index contributed by atoms with van der Waals surface area (Å²) < 4.78 is -0.637. The first kappa shape index (κ1) is 28.7. The van der Waals surface area contributed by atoms with Gasteiger partial charge in [0, 0.05) is 30.6 Å². The van der Waals surface area contributed by atoms with Gasteiger partial charge in [0.2, 0.25) is 17.7 Å². The highest BCUT2D eigenvalue weighted by atomic mass is 32.2. The molecule has 3 fully saturated rings. The highest BCUT2D eigenvalue weighted by molar-refractivity contribution is 8.02. The van der Waals surface area contributed by atoms with E-state index in [1.165, 1.54) is 0 Å². The van der Waals surface area contributed by atoms with Crippen LogP contribution in [0.1, 0.15) is 55.7 Å². The number of carbonyl (C=O) groups excluding carboxylic acids is 3. The third-order valence-corrected chi connectivity index (χ3v) is 11.2. The fourth-order valence-corrected chi connectivity index (χ4v) is 9.64. The molecule has 0 saturated carbocycles. The summed E-state index contributed by atoms with van der Waals surface area (Å²) in [4.78, 5) is 43.9. The monoisotopic (exact) mass is 563 g/mol. The Morgan fingerprint density at radius 1 is 1.00 bits per heavy atom. The number of aryl methyl sites for hydroxylation is 2. The zero-order valence-electron chi connectivity index (χ0n) is 23.7. The maximum Gasteiger partial charge on any atom is 0.248 e. The number of nitrogens with zero attached hydrogens (tertiary/aromatic N) is 1. The number of benzene rings is 2. The smallest absolute Gasteiger partial charge is 0.248 e. The fourth-order valence-electron chi connectivity index (χ4n) is 7.21. The molecular weight excluding hydrogens is 522 g/mol. The van der Waals surface area contributed by atoms with Crippen molar-refractivity contribution in [2.75, 3.05) is 18.5 Å². The third-order valence-electron chi connectivity index (χ3n) is 9.14. The Morgan fingerprint density at radius 3 is 2.40 bits per heavy atom. The van der Waals surface area contributed by atoms with E-state index in [-0.39, 0.29) is 35.5 Å².